The molecule has 3 atom stereocenters. The van der Waals surface area contributed by atoms with E-state index in [1.807, 2.05) is 48.6 Å². The Labute approximate surface area is 332 Å². The Bertz CT molecular complexity index is 2610. The van der Waals surface area contributed by atoms with Crippen LogP contribution in [-0.2, 0) is 0 Å². The molecule has 3 N–H and O–H groups in total. The molecule has 0 bridgehead atoms. The van der Waals surface area contributed by atoms with Crippen molar-refractivity contribution < 1.29 is 0 Å². The van der Waals surface area contributed by atoms with Crippen molar-refractivity contribution >= 4 is 61.8 Å². The van der Waals surface area contributed by atoms with Crippen LogP contribution in [0.1, 0.15) is 25.0 Å². The first-order chi connectivity index (χ1) is 28.2. The minimum atomic E-state index is -0.232. The van der Waals surface area contributed by atoms with Crippen LogP contribution in [0.25, 0.3) is 33.3 Å². The minimum absolute atomic E-state index is 0.0305. The van der Waals surface area contributed by atoms with Crippen LogP contribution < -0.4 is 16.1 Å². The number of para-hydroxylation sites is 4. The lowest BCUT2D eigenvalue weighted by atomic mass is 9.97. The van der Waals surface area contributed by atoms with Gasteiger partial charge in [0.1, 0.15) is 11.7 Å². The number of hydrogen-bond acceptors (Lipinski definition) is 8. The number of allylic oxidation sites excluding steroid dienone is 6. The van der Waals surface area contributed by atoms with E-state index in [1.165, 1.54) is 10.8 Å². The number of nitrogens with one attached hydrogen (secondary N) is 3. The van der Waals surface area contributed by atoms with Gasteiger partial charge >= 0.3 is 0 Å². The molecule has 0 amide bonds. The van der Waals surface area contributed by atoms with Gasteiger partial charge < -0.3 is 10.6 Å². The Morgan fingerprint density at radius 3 is 2.32 bits per heavy atom. The number of benzene rings is 3. The monoisotopic (exact) mass is 745 g/mol. The van der Waals surface area contributed by atoms with Crippen LogP contribution in [-0.4, -0.2) is 57.2 Å². The van der Waals surface area contributed by atoms with E-state index in [2.05, 4.69) is 141 Å². The topological polar surface area (TPSA) is 103 Å². The van der Waals surface area contributed by atoms with Crippen molar-refractivity contribution in [2.45, 2.75) is 37.4 Å². The summed E-state index contributed by atoms with van der Waals surface area (Å²) >= 11 is 0. The first-order valence-electron chi connectivity index (χ1n) is 19.5. The van der Waals surface area contributed by atoms with Crippen molar-refractivity contribution in [3.8, 4) is 5.82 Å². The van der Waals surface area contributed by atoms with Gasteiger partial charge in [0.05, 0.1) is 69.1 Å². The molecule has 2 aromatic heterocycles. The lowest BCUT2D eigenvalue weighted by molar-refractivity contribution is 0.534. The fraction of sp³-hybridized carbons (Fsp3) is 0.146. The molecule has 280 valence electrons. The third kappa shape index (κ3) is 7.60. The second kappa shape index (κ2) is 16.3. The number of nitrogens with zero attached hydrogens (tertiary/aromatic N) is 6. The quantitative estimate of drug-likeness (QED) is 0.0753. The standard InChI is InChI=1S/C48H43N9/c1-2-3-18-43(41-25-13-24-38(51-41)40-27-15-31-48(54-40)57-45-28-8-4-16-33(45)34-17-5-9-29-46(34)57)55-56-44-21-7-6-20-42(44)53-47-30-14-26-39(52-47)37-23-12-22-36(50-37)35-19-10-11-32-49-35/h2-10,12-22,24-25,27-31,37,39,41,51,56H,1,11,23,26,32H2,(H,52,53)/b18-3-,55-43+. The summed E-state index contributed by atoms with van der Waals surface area (Å²) in [5.41, 5.74) is 11.7. The van der Waals surface area contributed by atoms with Gasteiger partial charge in [-0.3, -0.25) is 25.0 Å². The molecule has 0 saturated carbocycles. The highest BCUT2D eigenvalue weighted by Crippen LogP contribution is 2.32. The predicted molar refractivity (Wildman–Crippen MR) is 239 cm³/mol. The number of fused-ring (bicyclic) bond motifs is 3. The van der Waals surface area contributed by atoms with Crippen LogP contribution in [0.2, 0.25) is 0 Å². The maximum atomic E-state index is 5.18. The van der Waals surface area contributed by atoms with Gasteiger partial charge in [-0.1, -0.05) is 104 Å². The highest BCUT2D eigenvalue weighted by Gasteiger charge is 2.25. The smallest absolute Gasteiger partial charge is 0.138 e. The third-order valence-electron chi connectivity index (χ3n) is 10.4. The summed E-state index contributed by atoms with van der Waals surface area (Å²) in [5, 5.41) is 14.6. The second-order valence-corrected chi connectivity index (χ2v) is 14.1. The molecule has 0 radical (unpaired) electrons. The number of pyridine rings is 1. The summed E-state index contributed by atoms with van der Waals surface area (Å²) in [6, 6.07) is 31.0. The summed E-state index contributed by atoms with van der Waals surface area (Å²) in [5.74, 6) is 1.65. The van der Waals surface area contributed by atoms with Crippen LogP contribution in [0.3, 0.4) is 0 Å². The highest BCUT2D eigenvalue weighted by molar-refractivity contribution is 6.50. The number of aromatic nitrogens is 2. The zero-order valence-electron chi connectivity index (χ0n) is 31.5. The summed E-state index contributed by atoms with van der Waals surface area (Å²) in [7, 11) is 0. The second-order valence-electron chi connectivity index (χ2n) is 14.1. The molecule has 0 aliphatic carbocycles. The van der Waals surface area contributed by atoms with Crippen molar-refractivity contribution in [1.29, 1.82) is 0 Å². The summed E-state index contributed by atoms with van der Waals surface area (Å²) in [6.07, 6.45) is 27.2. The molecule has 9 heteroatoms. The van der Waals surface area contributed by atoms with Gasteiger partial charge in [-0.15, -0.1) is 0 Å². The average molecular weight is 746 g/mol. The van der Waals surface area contributed by atoms with Crippen molar-refractivity contribution in [3.63, 3.8) is 0 Å². The van der Waals surface area contributed by atoms with Gasteiger partial charge in [-0.05, 0) is 86.0 Å². The predicted octanol–water partition coefficient (Wildman–Crippen LogP) is 9.57. The van der Waals surface area contributed by atoms with Gasteiger partial charge in [-0.2, -0.15) is 5.10 Å². The van der Waals surface area contributed by atoms with E-state index in [9.17, 15) is 0 Å². The van der Waals surface area contributed by atoms with Gasteiger partial charge in [0.25, 0.3) is 0 Å². The zero-order chi connectivity index (χ0) is 38.4. The van der Waals surface area contributed by atoms with E-state index in [0.717, 1.165) is 88.4 Å². The molecule has 9 nitrogen and oxygen atoms in total. The third-order valence-corrected chi connectivity index (χ3v) is 10.4. The van der Waals surface area contributed by atoms with Crippen molar-refractivity contribution in [1.82, 2.24) is 14.9 Å². The molecule has 4 aliphatic rings. The summed E-state index contributed by atoms with van der Waals surface area (Å²) in [4.78, 5) is 20.1. The van der Waals surface area contributed by atoms with Gasteiger partial charge in [0.15, 0.2) is 0 Å². The highest BCUT2D eigenvalue weighted by atomic mass is 15.3. The van der Waals surface area contributed by atoms with Crippen molar-refractivity contribution in [3.05, 3.63) is 176 Å². The largest absolute Gasteiger partial charge is 0.371 e. The van der Waals surface area contributed by atoms with Gasteiger partial charge in [0, 0.05) is 17.3 Å². The summed E-state index contributed by atoms with van der Waals surface area (Å²) < 4.78 is 2.23. The molecule has 5 aromatic rings. The Balaban J connectivity index is 0.933. The Morgan fingerprint density at radius 1 is 0.789 bits per heavy atom. The van der Waals surface area contributed by atoms with Crippen molar-refractivity contribution in [2.75, 3.05) is 17.3 Å². The SMILES string of the molecule is C=C/C=C\C(=N/Nc1ccccc1NC1=NC(C2CC=CC(C3=NCCC=C3)=N2)CC=C1)C1C=CC=C(c2cccc(-n3c4ccccc4c4ccccc43)n2)N1. The van der Waals surface area contributed by atoms with Crippen LogP contribution in [0.4, 0.5) is 11.4 Å². The maximum Gasteiger partial charge on any atom is 0.138 e. The average Bonchev–Trinajstić information content (AvgIpc) is 3.62. The minimum Gasteiger partial charge on any atom is -0.371 e. The molecule has 4 aliphatic heterocycles. The van der Waals surface area contributed by atoms with Gasteiger partial charge in [0.2, 0.25) is 0 Å². The van der Waals surface area contributed by atoms with Crippen LogP contribution >= 0.6 is 0 Å². The molecule has 0 spiro atoms. The zero-order valence-corrected chi connectivity index (χ0v) is 31.5. The molecular formula is C48H43N9. The number of rotatable bonds is 10. The van der Waals surface area contributed by atoms with Gasteiger partial charge in [-0.25, -0.2) is 4.98 Å². The molecule has 6 heterocycles. The number of dihydropyridines is 4. The maximum absolute atomic E-state index is 5.18. The fourth-order valence-corrected chi connectivity index (χ4v) is 7.63. The van der Waals surface area contributed by atoms with Crippen LogP contribution in [0, 0.1) is 0 Å². The van der Waals surface area contributed by atoms with E-state index in [-0.39, 0.29) is 18.1 Å². The van der Waals surface area contributed by atoms with Crippen LogP contribution in [0.5, 0.6) is 0 Å². The molecule has 57 heavy (non-hydrogen) atoms. The number of aliphatic imine (C=N–C) groups is 3. The van der Waals surface area contributed by atoms with E-state index in [4.69, 9.17) is 20.1 Å². The number of anilines is 2. The molecule has 3 aromatic carbocycles. The van der Waals surface area contributed by atoms with E-state index < -0.39 is 0 Å². The summed E-state index contributed by atoms with van der Waals surface area (Å²) in [6.45, 7) is 4.72. The molecule has 0 fully saturated rings. The molecular weight excluding hydrogens is 703 g/mol. The first-order valence-corrected chi connectivity index (χ1v) is 19.5. The molecule has 3 unspecified atom stereocenters. The first kappa shape index (κ1) is 35.6. The van der Waals surface area contributed by atoms with Crippen LogP contribution in [0.15, 0.2) is 191 Å². The Morgan fingerprint density at radius 2 is 1.53 bits per heavy atom. The normalized spacial score (nSPS) is 20.6. The lowest BCUT2D eigenvalue weighted by Crippen LogP contribution is -2.35. The number of hydrogen-bond donors (Lipinski definition) is 3. The molecule has 9 rings (SSSR count). The Hall–Kier alpha value is -7.13. The Kier molecular flexibility index (Phi) is 10.2. The number of hydrazone groups is 1. The van der Waals surface area contributed by atoms with E-state index >= 15 is 0 Å². The lowest BCUT2D eigenvalue weighted by Gasteiger charge is -2.25. The van der Waals surface area contributed by atoms with E-state index in [0.29, 0.717) is 0 Å². The fourth-order valence-electron chi connectivity index (χ4n) is 7.63. The molecule has 0 saturated heterocycles. The van der Waals surface area contributed by atoms with Crippen molar-refractivity contribution in [2.24, 2.45) is 20.1 Å². The number of amidine groups is 1. The van der Waals surface area contributed by atoms with E-state index in [1.54, 1.807) is 6.08 Å².